The second-order valence-corrected chi connectivity index (χ2v) is 5.66. The molecule has 19 heavy (non-hydrogen) atoms. The minimum atomic E-state index is -0.0851. The van der Waals surface area contributed by atoms with Gasteiger partial charge in [0.15, 0.2) is 5.11 Å². The van der Waals surface area contributed by atoms with Gasteiger partial charge >= 0.3 is 0 Å². The van der Waals surface area contributed by atoms with Crippen molar-refractivity contribution >= 4 is 51.9 Å². The van der Waals surface area contributed by atoms with Crippen molar-refractivity contribution in [1.29, 1.82) is 0 Å². The Bertz CT molecular complexity index is 586. The number of likely N-dealkylation sites (N-methyl/N-ethyl adjacent to an activating group) is 2. The zero-order valence-corrected chi connectivity index (χ0v) is 13.5. The van der Waals surface area contributed by atoms with Crippen molar-refractivity contribution in [3.8, 4) is 5.75 Å². The number of phenols is 1. The molecule has 1 N–H and O–H groups in total. The molecule has 1 aromatic carbocycles. The molecule has 0 spiro atoms. The minimum Gasteiger partial charge on any atom is -0.507 e. The summed E-state index contributed by atoms with van der Waals surface area (Å²) in [4.78, 5) is 15.5. The first kappa shape index (κ1) is 14.3. The second kappa shape index (κ2) is 5.46. The van der Waals surface area contributed by atoms with Crippen LogP contribution in [0.4, 0.5) is 0 Å². The van der Waals surface area contributed by atoms with Crippen LogP contribution in [0.25, 0.3) is 6.08 Å². The number of hydrogen-bond donors (Lipinski definition) is 1. The molecule has 6 heteroatoms. The number of amides is 1. The van der Waals surface area contributed by atoms with E-state index in [1.165, 1.54) is 0 Å². The molecule has 1 fully saturated rings. The lowest BCUT2D eigenvalue weighted by molar-refractivity contribution is -0.122. The first-order chi connectivity index (χ1) is 8.95. The molecule has 0 unspecified atom stereocenters. The fourth-order valence-electron chi connectivity index (χ4n) is 1.86. The van der Waals surface area contributed by atoms with Gasteiger partial charge in [-0.15, -0.1) is 0 Å². The average Bonchev–Trinajstić information content (AvgIpc) is 2.58. The Morgan fingerprint density at radius 3 is 2.68 bits per heavy atom. The summed E-state index contributed by atoms with van der Waals surface area (Å²) in [5.74, 6) is 0.151. The van der Waals surface area contributed by atoms with E-state index in [0.29, 0.717) is 17.4 Å². The molecule has 0 aliphatic carbocycles. The molecule has 1 aromatic rings. The first-order valence-electron chi connectivity index (χ1n) is 5.75. The van der Waals surface area contributed by atoms with Gasteiger partial charge in [-0.3, -0.25) is 9.69 Å². The highest BCUT2D eigenvalue weighted by molar-refractivity contribution is 14.1. The van der Waals surface area contributed by atoms with Crippen LogP contribution in [-0.2, 0) is 4.79 Å². The molecule has 0 aromatic heterocycles. The topological polar surface area (TPSA) is 43.8 Å². The standard InChI is InChI=1S/C13H13IN2O2S/c1-3-16-12(18)10(15(2)13(16)19)7-8-4-5-11(17)9(14)6-8/h4-7,17H,3H2,1-2H3/b10-7-. The molecular formula is C13H13IN2O2S. The van der Waals surface area contributed by atoms with Crippen molar-refractivity contribution < 1.29 is 9.90 Å². The molecule has 1 aliphatic heterocycles. The van der Waals surface area contributed by atoms with Crippen LogP contribution in [0.1, 0.15) is 12.5 Å². The maximum Gasteiger partial charge on any atom is 0.276 e. The van der Waals surface area contributed by atoms with E-state index >= 15 is 0 Å². The number of benzene rings is 1. The first-order valence-corrected chi connectivity index (χ1v) is 7.24. The van der Waals surface area contributed by atoms with Gasteiger partial charge in [0, 0.05) is 13.6 Å². The number of carbonyl (C=O) groups is 1. The van der Waals surface area contributed by atoms with E-state index in [1.807, 2.05) is 35.6 Å². The van der Waals surface area contributed by atoms with Crippen LogP contribution in [0.2, 0.25) is 0 Å². The monoisotopic (exact) mass is 388 g/mol. The predicted molar refractivity (Wildman–Crippen MR) is 86.5 cm³/mol. The van der Waals surface area contributed by atoms with Gasteiger partial charge in [-0.2, -0.15) is 0 Å². The van der Waals surface area contributed by atoms with Crippen LogP contribution in [0.15, 0.2) is 23.9 Å². The van der Waals surface area contributed by atoms with Crippen LogP contribution in [0.5, 0.6) is 5.75 Å². The smallest absolute Gasteiger partial charge is 0.276 e. The van der Waals surface area contributed by atoms with Gasteiger partial charge in [0.05, 0.1) is 3.57 Å². The number of nitrogens with zero attached hydrogens (tertiary/aromatic N) is 2. The van der Waals surface area contributed by atoms with Gasteiger partial charge in [-0.05, 0) is 65.5 Å². The third kappa shape index (κ3) is 2.59. The molecule has 0 bridgehead atoms. The lowest BCUT2D eigenvalue weighted by atomic mass is 10.2. The summed E-state index contributed by atoms with van der Waals surface area (Å²) in [6.07, 6.45) is 1.78. The van der Waals surface area contributed by atoms with E-state index in [2.05, 4.69) is 0 Å². The molecule has 2 rings (SSSR count). The van der Waals surface area contributed by atoms with E-state index in [9.17, 15) is 9.90 Å². The Labute approximate surface area is 130 Å². The van der Waals surface area contributed by atoms with Gasteiger partial charge < -0.3 is 10.0 Å². The van der Waals surface area contributed by atoms with E-state index in [0.717, 1.165) is 9.13 Å². The zero-order valence-electron chi connectivity index (χ0n) is 10.6. The molecule has 1 aliphatic rings. The fraction of sp³-hybridized carbons (Fsp3) is 0.231. The molecule has 4 nitrogen and oxygen atoms in total. The number of rotatable bonds is 2. The number of aromatic hydroxyl groups is 1. The molecule has 0 atom stereocenters. The maximum atomic E-state index is 12.2. The van der Waals surface area contributed by atoms with E-state index in [-0.39, 0.29) is 11.7 Å². The van der Waals surface area contributed by atoms with Crippen molar-refractivity contribution in [2.24, 2.45) is 0 Å². The molecule has 1 amide bonds. The molecule has 1 heterocycles. The normalized spacial score (nSPS) is 17.7. The minimum absolute atomic E-state index is 0.0851. The largest absolute Gasteiger partial charge is 0.507 e. The summed E-state index contributed by atoms with van der Waals surface area (Å²) in [5.41, 5.74) is 1.41. The lowest BCUT2D eigenvalue weighted by Gasteiger charge is -2.13. The highest BCUT2D eigenvalue weighted by Crippen LogP contribution is 2.25. The number of carbonyl (C=O) groups excluding carboxylic acids is 1. The Balaban J connectivity index is 2.40. The van der Waals surface area contributed by atoms with Crippen LogP contribution < -0.4 is 0 Å². The number of halogens is 1. The Morgan fingerprint density at radius 1 is 1.47 bits per heavy atom. The quantitative estimate of drug-likeness (QED) is 0.480. The van der Waals surface area contributed by atoms with Crippen molar-refractivity contribution in [1.82, 2.24) is 9.80 Å². The van der Waals surface area contributed by atoms with Gasteiger partial charge in [-0.25, -0.2) is 0 Å². The lowest BCUT2D eigenvalue weighted by Crippen LogP contribution is -2.30. The van der Waals surface area contributed by atoms with E-state index in [4.69, 9.17) is 12.2 Å². The molecule has 0 radical (unpaired) electrons. The van der Waals surface area contributed by atoms with Gasteiger partial charge in [0.2, 0.25) is 0 Å². The van der Waals surface area contributed by atoms with Gasteiger partial charge in [-0.1, -0.05) is 6.07 Å². The number of hydrogen-bond acceptors (Lipinski definition) is 3. The van der Waals surface area contributed by atoms with Crippen molar-refractivity contribution in [2.45, 2.75) is 6.92 Å². The van der Waals surface area contributed by atoms with Crippen molar-refractivity contribution in [2.75, 3.05) is 13.6 Å². The number of phenolic OH excluding ortho intramolecular Hbond substituents is 1. The summed E-state index contributed by atoms with van der Waals surface area (Å²) < 4.78 is 0.745. The molecule has 0 saturated carbocycles. The Morgan fingerprint density at radius 2 is 2.16 bits per heavy atom. The molecular weight excluding hydrogens is 375 g/mol. The van der Waals surface area contributed by atoms with Gasteiger partial charge in [0.1, 0.15) is 11.4 Å². The number of thiocarbonyl (C=S) groups is 1. The summed E-state index contributed by atoms with van der Waals surface area (Å²) in [6, 6.07) is 5.20. The highest BCUT2D eigenvalue weighted by atomic mass is 127. The van der Waals surface area contributed by atoms with Crippen LogP contribution >= 0.6 is 34.8 Å². The third-order valence-corrected chi connectivity index (χ3v) is 4.29. The van der Waals surface area contributed by atoms with Gasteiger partial charge in [0.25, 0.3) is 5.91 Å². The Hall–Kier alpha value is -1.15. The zero-order chi connectivity index (χ0) is 14.2. The van der Waals surface area contributed by atoms with Crippen molar-refractivity contribution in [3.05, 3.63) is 33.0 Å². The van der Waals surface area contributed by atoms with Crippen LogP contribution in [0, 0.1) is 3.57 Å². The predicted octanol–water partition coefficient (Wildman–Crippen LogP) is 2.42. The third-order valence-electron chi connectivity index (χ3n) is 2.93. The van der Waals surface area contributed by atoms with E-state index in [1.54, 1.807) is 35.1 Å². The average molecular weight is 388 g/mol. The summed E-state index contributed by atoms with van der Waals surface area (Å²) >= 11 is 7.28. The SMILES string of the molecule is CCN1C(=O)/C(=C/c2ccc(O)c(I)c2)N(C)C1=S. The van der Waals surface area contributed by atoms with Crippen LogP contribution in [-0.4, -0.2) is 39.5 Å². The highest BCUT2D eigenvalue weighted by Gasteiger charge is 2.34. The molecule has 100 valence electrons. The Kier molecular flexibility index (Phi) is 4.10. The molecule has 1 saturated heterocycles. The van der Waals surface area contributed by atoms with Crippen molar-refractivity contribution in [3.63, 3.8) is 0 Å². The van der Waals surface area contributed by atoms with E-state index < -0.39 is 0 Å². The summed E-state index contributed by atoms with van der Waals surface area (Å²) in [6.45, 7) is 2.46. The summed E-state index contributed by atoms with van der Waals surface area (Å²) in [7, 11) is 1.78. The fourth-order valence-corrected chi connectivity index (χ4v) is 2.71. The second-order valence-electron chi connectivity index (χ2n) is 4.13. The summed E-state index contributed by atoms with van der Waals surface area (Å²) in [5, 5.41) is 10.0. The maximum absolute atomic E-state index is 12.2. The van der Waals surface area contributed by atoms with Crippen LogP contribution in [0.3, 0.4) is 0 Å².